The summed E-state index contributed by atoms with van der Waals surface area (Å²) >= 11 is 0. The molecule has 0 spiro atoms. The third-order valence-corrected chi connectivity index (χ3v) is 9.39. The van der Waals surface area contributed by atoms with Crippen LogP contribution in [0.4, 0.5) is 0 Å². The molecule has 0 aromatic rings. The maximum Gasteiger partial charge on any atom is 0.192 e. The Morgan fingerprint density at radius 3 is 2.09 bits per heavy atom. The van der Waals surface area contributed by atoms with Crippen LogP contribution in [0.1, 0.15) is 80.1 Å². The van der Waals surface area contributed by atoms with Crippen LogP contribution in [-0.2, 0) is 4.43 Å². The Labute approximate surface area is 141 Å². The maximum absolute atomic E-state index is 6.20. The predicted molar refractivity (Wildman–Crippen MR) is 104 cm³/mol. The molecule has 0 aliphatic heterocycles. The molecule has 0 aromatic heterocycles. The van der Waals surface area contributed by atoms with E-state index in [4.69, 9.17) is 4.43 Å². The summed E-state index contributed by atoms with van der Waals surface area (Å²) in [5, 5.41) is 0.299. The maximum atomic E-state index is 6.20. The van der Waals surface area contributed by atoms with Gasteiger partial charge in [0.25, 0.3) is 0 Å². The van der Waals surface area contributed by atoms with Crippen LogP contribution in [-0.4, -0.2) is 14.9 Å². The molecule has 22 heavy (non-hydrogen) atoms. The molecule has 1 nitrogen and oxygen atoms in total. The zero-order chi connectivity index (χ0) is 17.2. The van der Waals surface area contributed by atoms with Gasteiger partial charge in [-0.1, -0.05) is 63.8 Å². The normalized spacial score (nSPS) is 14.5. The molecular weight excluding hydrogens is 284 g/mol. The topological polar surface area (TPSA) is 9.23 Å². The quantitative estimate of drug-likeness (QED) is 0.233. The monoisotopic (exact) mass is 324 g/mol. The lowest BCUT2D eigenvalue weighted by Gasteiger charge is -2.35. The second-order valence-electron chi connectivity index (χ2n) is 8.17. The van der Waals surface area contributed by atoms with Gasteiger partial charge in [-0.25, -0.2) is 0 Å². The summed E-state index contributed by atoms with van der Waals surface area (Å²) in [6.45, 7) is 19.1. The van der Waals surface area contributed by atoms with E-state index in [1.807, 2.05) is 0 Å². The van der Waals surface area contributed by atoms with E-state index in [9.17, 15) is 0 Å². The highest BCUT2D eigenvalue weighted by Gasteiger charge is 2.36. The Hall–Kier alpha value is -0.343. The van der Waals surface area contributed by atoms with Crippen molar-refractivity contribution in [2.75, 3.05) is 6.61 Å². The summed E-state index contributed by atoms with van der Waals surface area (Å²) in [6.07, 6.45) is 12.3. The van der Waals surface area contributed by atoms with Gasteiger partial charge < -0.3 is 4.43 Å². The van der Waals surface area contributed by atoms with Crippen LogP contribution in [0, 0.1) is 0 Å². The number of hydrogen-bond acceptors (Lipinski definition) is 1. The van der Waals surface area contributed by atoms with Gasteiger partial charge in [-0.3, -0.25) is 0 Å². The standard InChI is InChI=1S/C20H40OSi/c1-9-10-11-13-18(2)14-12-15-19(3)16-17-21-22(7,8)20(4,5)6/h14,16H,9-13,15,17H2,1-8H3/b18-14-,19-16+. The molecule has 0 fully saturated rings. The third kappa shape index (κ3) is 9.63. The van der Waals surface area contributed by atoms with Crippen LogP contribution in [0.3, 0.4) is 0 Å². The summed E-state index contributed by atoms with van der Waals surface area (Å²) in [5.74, 6) is 0. The largest absolute Gasteiger partial charge is 0.413 e. The smallest absolute Gasteiger partial charge is 0.192 e. The average Bonchev–Trinajstić information content (AvgIpc) is 2.37. The molecule has 0 radical (unpaired) electrons. The van der Waals surface area contributed by atoms with Gasteiger partial charge in [-0.15, -0.1) is 0 Å². The molecule has 0 amide bonds. The minimum absolute atomic E-state index is 0.299. The lowest BCUT2D eigenvalue weighted by Crippen LogP contribution is -2.40. The summed E-state index contributed by atoms with van der Waals surface area (Å²) in [5.41, 5.74) is 3.01. The van der Waals surface area contributed by atoms with Crippen molar-refractivity contribution < 1.29 is 4.43 Å². The van der Waals surface area contributed by atoms with Crippen LogP contribution >= 0.6 is 0 Å². The zero-order valence-electron chi connectivity index (χ0n) is 16.5. The summed E-state index contributed by atoms with van der Waals surface area (Å²) in [4.78, 5) is 0. The highest BCUT2D eigenvalue weighted by atomic mass is 28.4. The molecule has 0 N–H and O–H groups in total. The van der Waals surface area contributed by atoms with Gasteiger partial charge in [0, 0.05) is 0 Å². The van der Waals surface area contributed by atoms with Crippen LogP contribution in [0.25, 0.3) is 0 Å². The molecule has 0 heterocycles. The minimum Gasteiger partial charge on any atom is -0.413 e. The first-order chi connectivity index (χ1) is 10.1. The lowest BCUT2D eigenvalue weighted by molar-refractivity contribution is 0.327. The fraction of sp³-hybridized carbons (Fsp3) is 0.800. The van der Waals surface area contributed by atoms with E-state index in [2.05, 4.69) is 66.8 Å². The summed E-state index contributed by atoms with van der Waals surface area (Å²) in [7, 11) is -1.60. The SMILES string of the molecule is CCCCC/C(C)=C\CC/C(C)=C/CO[Si](C)(C)C(C)(C)C. The molecule has 0 unspecified atom stereocenters. The van der Waals surface area contributed by atoms with E-state index in [1.165, 1.54) is 37.7 Å². The Morgan fingerprint density at radius 2 is 1.55 bits per heavy atom. The van der Waals surface area contributed by atoms with Crippen molar-refractivity contribution in [3.63, 3.8) is 0 Å². The van der Waals surface area contributed by atoms with Gasteiger partial charge in [0.15, 0.2) is 8.32 Å². The van der Waals surface area contributed by atoms with Gasteiger partial charge in [0.2, 0.25) is 0 Å². The Balaban J connectivity index is 4.07. The second kappa shape index (κ2) is 10.4. The highest BCUT2D eigenvalue weighted by molar-refractivity contribution is 6.74. The Bertz CT molecular complexity index is 358. The number of hydrogen-bond donors (Lipinski definition) is 0. The zero-order valence-corrected chi connectivity index (χ0v) is 17.5. The molecule has 130 valence electrons. The fourth-order valence-corrected chi connectivity index (χ4v) is 2.95. The van der Waals surface area contributed by atoms with Gasteiger partial charge in [-0.2, -0.15) is 0 Å². The lowest BCUT2D eigenvalue weighted by atomic mass is 10.1. The highest BCUT2D eigenvalue weighted by Crippen LogP contribution is 2.36. The molecule has 0 saturated heterocycles. The molecule has 0 rings (SSSR count). The number of rotatable bonds is 10. The van der Waals surface area contributed by atoms with Crippen LogP contribution in [0.5, 0.6) is 0 Å². The molecule has 0 bridgehead atoms. The molecule has 2 heteroatoms. The van der Waals surface area contributed by atoms with E-state index in [1.54, 1.807) is 5.57 Å². The molecule has 0 aromatic carbocycles. The molecule has 0 atom stereocenters. The molecular formula is C20H40OSi. The van der Waals surface area contributed by atoms with Crippen LogP contribution in [0.15, 0.2) is 23.3 Å². The van der Waals surface area contributed by atoms with E-state index in [0.717, 1.165) is 13.0 Å². The van der Waals surface area contributed by atoms with E-state index < -0.39 is 8.32 Å². The van der Waals surface area contributed by atoms with E-state index >= 15 is 0 Å². The minimum atomic E-state index is -1.60. The van der Waals surface area contributed by atoms with Crippen molar-refractivity contribution in [1.82, 2.24) is 0 Å². The first-order valence-corrected chi connectivity index (χ1v) is 12.0. The Morgan fingerprint density at radius 1 is 0.955 bits per heavy atom. The molecule has 0 aliphatic carbocycles. The van der Waals surface area contributed by atoms with Crippen molar-refractivity contribution in [3.8, 4) is 0 Å². The van der Waals surface area contributed by atoms with Crippen LogP contribution in [0.2, 0.25) is 18.1 Å². The third-order valence-electron chi connectivity index (χ3n) is 4.89. The van der Waals surface area contributed by atoms with Crippen molar-refractivity contribution in [3.05, 3.63) is 23.3 Å². The fourth-order valence-electron chi connectivity index (χ4n) is 2.01. The molecule has 0 saturated carbocycles. The van der Waals surface area contributed by atoms with E-state index in [0.29, 0.717) is 5.04 Å². The van der Waals surface area contributed by atoms with Gasteiger partial charge in [0.1, 0.15) is 0 Å². The average molecular weight is 325 g/mol. The first kappa shape index (κ1) is 21.7. The summed E-state index contributed by atoms with van der Waals surface area (Å²) in [6, 6.07) is 0. The second-order valence-corrected chi connectivity index (χ2v) is 13.0. The van der Waals surface area contributed by atoms with E-state index in [-0.39, 0.29) is 0 Å². The van der Waals surface area contributed by atoms with Crippen LogP contribution < -0.4 is 0 Å². The van der Waals surface area contributed by atoms with Gasteiger partial charge in [-0.05, 0) is 57.7 Å². The number of unbranched alkanes of at least 4 members (excludes halogenated alkanes) is 2. The van der Waals surface area contributed by atoms with Gasteiger partial charge in [0.05, 0.1) is 6.61 Å². The van der Waals surface area contributed by atoms with Crippen molar-refractivity contribution >= 4 is 8.32 Å². The van der Waals surface area contributed by atoms with Crippen molar-refractivity contribution in [2.45, 2.75) is 98.2 Å². The van der Waals surface area contributed by atoms with Crippen molar-refractivity contribution in [1.29, 1.82) is 0 Å². The first-order valence-electron chi connectivity index (χ1n) is 9.05. The molecule has 0 aliphatic rings. The predicted octanol–water partition coefficient (Wildman–Crippen LogP) is 7.26. The Kier molecular flexibility index (Phi) is 10.3. The van der Waals surface area contributed by atoms with Gasteiger partial charge >= 0.3 is 0 Å². The number of allylic oxidation sites excluding steroid dienone is 3. The summed E-state index contributed by atoms with van der Waals surface area (Å²) < 4.78 is 6.20. The van der Waals surface area contributed by atoms with Crippen molar-refractivity contribution in [2.24, 2.45) is 0 Å².